The van der Waals surface area contributed by atoms with Gasteiger partial charge in [0, 0.05) is 0 Å². The highest BCUT2D eigenvalue weighted by Gasteiger charge is 2.15. The van der Waals surface area contributed by atoms with E-state index in [9.17, 15) is 5.11 Å². The molecule has 80 valence electrons. The molecule has 0 aromatic rings. The topological polar surface area (TPSA) is 20.2 Å². The average Bonchev–Trinajstić information content (AvgIpc) is 2.01. The van der Waals surface area contributed by atoms with Crippen LogP contribution in [0.1, 0.15) is 53.9 Å². The summed E-state index contributed by atoms with van der Waals surface area (Å²) in [5.41, 5.74) is 0. The number of aliphatic hydroxyl groups is 1. The fourth-order valence-corrected chi connectivity index (χ4v) is 1.70. The first kappa shape index (κ1) is 13.0. The van der Waals surface area contributed by atoms with Crippen molar-refractivity contribution in [3.63, 3.8) is 0 Å². The molecule has 1 nitrogen and oxygen atoms in total. The SMILES string of the molecule is CCC(C)C(C)CC(O)CC(C)C. The van der Waals surface area contributed by atoms with E-state index in [1.165, 1.54) is 6.42 Å². The minimum atomic E-state index is -0.0935. The van der Waals surface area contributed by atoms with E-state index < -0.39 is 0 Å². The summed E-state index contributed by atoms with van der Waals surface area (Å²) in [5.74, 6) is 2.00. The van der Waals surface area contributed by atoms with Crippen molar-refractivity contribution in [2.24, 2.45) is 17.8 Å². The summed E-state index contributed by atoms with van der Waals surface area (Å²) in [6, 6.07) is 0. The van der Waals surface area contributed by atoms with Crippen molar-refractivity contribution in [2.75, 3.05) is 0 Å². The molecule has 0 saturated carbocycles. The largest absolute Gasteiger partial charge is 0.393 e. The first-order valence-corrected chi connectivity index (χ1v) is 5.65. The fourth-order valence-electron chi connectivity index (χ4n) is 1.70. The van der Waals surface area contributed by atoms with Gasteiger partial charge >= 0.3 is 0 Å². The Morgan fingerprint density at radius 1 is 0.923 bits per heavy atom. The van der Waals surface area contributed by atoms with E-state index in [0.717, 1.165) is 18.8 Å². The second kappa shape index (κ2) is 6.42. The maximum Gasteiger partial charge on any atom is 0.0545 e. The van der Waals surface area contributed by atoms with Gasteiger partial charge in [-0.05, 0) is 30.6 Å². The Hall–Kier alpha value is -0.0400. The first-order valence-electron chi connectivity index (χ1n) is 5.65. The van der Waals surface area contributed by atoms with E-state index in [2.05, 4.69) is 34.6 Å². The monoisotopic (exact) mass is 186 g/mol. The molecule has 0 aliphatic carbocycles. The second-order valence-corrected chi connectivity index (χ2v) is 4.88. The Bertz CT molecular complexity index is 120. The highest BCUT2D eigenvalue weighted by molar-refractivity contribution is 4.67. The van der Waals surface area contributed by atoms with Gasteiger partial charge in [0.25, 0.3) is 0 Å². The van der Waals surface area contributed by atoms with Crippen molar-refractivity contribution in [1.82, 2.24) is 0 Å². The summed E-state index contributed by atoms with van der Waals surface area (Å²) < 4.78 is 0. The average molecular weight is 186 g/mol. The summed E-state index contributed by atoms with van der Waals surface area (Å²) in [5, 5.41) is 9.73. The van der Waals surface area contributed by atoms with Gasteiger partial charge in [-0.1, -0.05) is 41.0 Å². The van der Waals surface area contributed by atoms with E-state index in [4.69, 9.17) is 0 Å². The minimum Gasteiger partial charge on any atom is -0.393 e. The van der Waals surface area contributed by atoms with E-state index >= 15 is 0 Å². The van der Waals surface area contributed by atoms with Crippen LogP contribution in [0.4, 0.5) is 0 Å². The van der Waals surface area contributed by atoms with Crippen LogP contribution < -0.4 is 0 Å². The maximum absolute atomic E-state index is 9.73. The smallest absolute Gasteiger partial charge is 0.0545 e. The molecule has 0 heterocycles. The highest BCUT2D eigenvalue weighted by Crippen LogP contribution is 2.22. The van der Waals surface area contributed by atoms with Crippen LogP contribution in [-0.2, 0) is 0 Å². The Morgan fingerprint density at radius 2 is 1.46 bits per heavy atom. The molecule has 0 amide bonds. The molecule has 0 spiro atoms. The molecule has 1 N–H and O–H groups in total. The number of hydrogen-bond donors (Lipinski definition) is 1. The third-order valence-corrected chi connectivity index (χ3v) is 3.00. The van der Waals surface area contributed by atoms with Crippen molar-refractivity contribution in [2.45, 2.75) is 60.0 Å². The molecule has 0 fully saturated rings. The van der Waals surface area contributed by atoms with Gasteiger partial charge in [0.1, 0.15) is 0 Å². The fraction of sp³-hybridized carbons (Fsp3) is 1.00. The maximum atomic E-state index is 9.73. The predicted molar refractivity (Wildman–Crippen MR) is 58.7 cm³/mol. The molecule has 3 atom stereocenters. The van der Waals surface area contributed by atoms with Crippen molar-refractivity contribution < 1.29 is 5.11 Å². The van der Waals surface area contributed by atoms with Gasteiger partial charge in [-0.15, -0.1) is 0 Å². The molecular formula is C12H26O. The van der Waals surface area contributed by atoms with Gasteiger partial charge in [-0.2, -0.15) is 0 Å². The van der Waals surface area contributed by atoms with Gasteiger partial charge in [-0.25, -0.2) is 0 Å². The van der Waals surface area contributed by atoms with Gasteiger partial charge in [-0.3, -0.25) is 0 Å². The second-order valence-electron chi connectivity index (χ2n) is 4.88. The Labute approximate surface area is 83.5 Å². The Balaban J connectivity index is 3.70. The first-order chi connectivity index (χ1) is 5.97. The third-order valence-electron chi connectivity index (χ3n) is 3.00. The van der Waals surface area contributed by atoms with E-state index in [1.807, 2.05) is 0 Å². The quantitative estimate of drug-likeness (QED) is 0.673. The highest BCUT2D eigenvalue weighted by atomic mass is 16.3. The summed E-state index contributed by atoms with van der Waals surface area (Å²) in [4.78, 5) is 0. The lowest BCUT2D eigenvalue weighted by Crippen LogP contribution is -2.18. The number of hydrogen-bond acceptors (Lipinski definition) is 1. The van der Waals surface area contributed by atoms with Gasteiger partial charge in [0.15, 0.2) is 0 Å². The van der Waals surface area contributed by atoms with Crippen LogP contribution in [0.5, 0.6) is 0 Å². The Morgan fingerprint density at radius 3 is 1.85 bits per heavy atom. The standard InChI is InChI=1S/C12H26O/c1-6-10(4)11(5)8-12(13)7-9(2)3/h9-13H,6-8H2,1-5H3. The number of aliphatic hydroxyl groups excluding tert-OH is 1. The van der Waals surface area contributed by atoms with Crippen molar-refractivity contribution in [3.05, 3.63) is 0 Å². The van der Waals surface area contributed by atoms with Gasteiger partial charge in [0.05, 0.1) is 6.10 Å². The van der Waals surface area contributed by atoms with Crippen LogP contribution in [0.25, 0.3) is 0 Å². The van der Waals surface area contributed by atoms with Crippen molar-refractivity contribution >= 4 is 0 Å². The predicted octanol–water partition coefficient (Wildman–Crippen LogP) is 3.47. The third kappa shape index (κ3) is 6.09. The van der Waals surface area contributed by atoms with E-state index in [-0.39, 0.29) is 6.10 Å². The van der Waals surface area contributed by atoms with Gasteiger partial charge < -0.3 is 5.11 Å². The zero-order valence-electron chi connectivity index (χ0n) is 9.88. The van der Waals surface area contributed by atoms with Crippen molar-refractivity contribution in [1.29, 1.82) is 0 Å². The molecule has 0 aromatic carbocycles. The van der Waals surface area contributed by atoms with Crippen molar-refractivity contribution in [3.8, 4) is 0 Å². The molecule has 0 bridgehead atoms. The lowest BCUT2D eigenvalue weighted by Gasteiger charge is -2.22. The minimum absolute atomic E-state index is 0.0935. The molecule has 0 aliphatic heterocycles. The Kier molecular flexibility index (Phi) is 6.40. The molecule has 3 unspecified atom stereocenters. The van der Waals surface area contributed by atoms with E-state index in [0.29, 0.717) is 11.8 Å². The number of rotatable bonds is 6. The molecule has 0 saturated heterocycles. The van der Waals surface area contributed by atoms with Gasteiger partial charge in [0.2, 0.25) is 0 Å². The summed E-state index contributed by atoms with van der Waals surface area (Å²) in [7, 11) is 0. The molecule has 0 radical (unpaired) electrons. The molecule has 0 aromatic heterocycles. The molecule has 0 rings (SSSR count). The van der Waals surface area contributed by atoms with Crippen LogP contribution in [-0.4, -0.2) is 11.2 Å². The molecule has 1 heteroatoms. The lowest BCUT2D eigenvalue weighted by atomic mass is 9.87. The van der Waals surface area contributed by atoms with Crippen LogP contribution in [0.15, 0.2) is 0 Å². The molecular weight excluding hydrogens is 160 g/mol. The van der Waals surface area contributed by atoms with Crippen LogP contribution >= 0.6 is 0 Å². The van der Waals surface area contributed by atoms with E-state index in [1.54, 1.807) is 0 Å². The molecule has 0 aliphatic rings. The zero-order chi connectivity index (χ0) is 10.4. The van der Waals surface area contributed by atoms with Crippen LogP contribution in [0.2, 0.25) is 0 Å². The van der Waals surface area contributed by atoms with Crippen LogP contribution in [0, 0.1) is 17.8 Å². The lowest BCUT2D eigenvalue weighted by molar-refractivity contribution is 0.110. The zero-order valence-corrected chi connectivity index (χ0v) is 9.88. The normalized spacial score (nSPS) is 18.7. The van der Waals surface area contributed by atoms with Crippen LogP contribution in [0.3, 0.4) is 0 Å². The summed E-state index contributed by atoms with van der Waals surface area (Å²) in [6.45, 7) is 11.1. The molecule has 13 heavy (non-hydrogen) atoms. The summed E-state index contributed by atoms with van der Waals surface area (Å²) in [6.07, 6.45) is 3.03. The summed E-state index contributed by atoms with van der Waals surface area (Å²) >= 11 is 0.